The van der Waals surface area contributed by atoms with E-state index in [-0.39, 0.29) is 0 Å². The second kappa shape index (κ2) is 2.63. The molecule has 3 aliphatic rings. The van der Waals surface area contributed by atoms with Crippen molar-refractivity contribution in [3.05, 3.63) is 12.2 Å². The van der Waals surface area contributed by atoms with Gasteiger partial charge in [0.1, 0.15) is 0 Å². The molecule has 1 heteroatoms. The summed E-state index contributed by atoms with van der Waals surface area (Å²) >= 11 is 0. The second-order valence-electron chi connectivity index (χ2n) is 5.90. The van der Waals surface area contributed by atoms with Crippen LogP contribution < -0.4 is 0 Å². The van der Waals surface area contributed by atoms with Crippen LogP contribution in [0.3, 0.4) is 0 Å². The lowest BCUT2D eigenvalue weighted by molar-refractivity contribution is 0.0853. The van der Waals surface area contributed by atoms with Crippen LogP contribution in [0.5, 0.6) is 0 Å². The van der Waals surface area contributed by atoms with E-state index in [1.807, 2.05) is 0 Å². The Kier molecular flexibility index (Phi) is 1.69. The molecule has 0 amide bonds. The minimum absolute atomic E-state index is 0.474. The largest absolute Gasteiger partial charge is 0.296 e. The van der Waals surface area contributed by atoms with Crippen molar-refractivity contribution in [2.75, 3.05) is 13.1 Å². The van der Waals surface area contributed by atoms with Crippen molar-refractivity contribution in [1.82, 2.24) is 4.90 Å². The van der Waals surface area contributed by atoms with Gasteiger partial charge in [-0.1, -0.05) is 26.0 Å². The maximum Gasteiger partial charge on any atom is 0.0193 e. The average Bonchev–Trinajstić information content (AvgIpc) is 2.76. The van der Waals surface area contributed by atoms with E-state index in [1.165, 1.54) is 38.8 Å². The van der Waals surface area contributed by atoms with Gasteiger partial charge in [0.05, 0.1) is 0 Å². The molecule has 3 rings (SSSR count). The van der Waals surface area contributed by atoms with Crippen LogP contribution in [0.1, 0.15) is 39.5 Å². The standard InChI is InChI=1S/C13H21N/c1-12(7-8-12)13(2)6-4-10-14-9-3-5-11(13)14/h4,6,11H,3,5,7-10H2,1-2H3/t11?,13-/m1/s1. The molecular formula is C13H21N. The maximum atomic E-state index is 2.70. The van der Waals surface area contributed by atoms with Crippen LogP contribution in [0.25, 0.3) is 0 Å². The SMILES string of the molecule is CC1([C@]2(C)C=CCN3CCCC32)CC1. The third-order valence-corrected chi connectivity index (χ3v) is 5.16. The van der Waals surface area contributed by atoms with Gasteiger partial charge >= 0.3 is 0 Å². The van der Waals surface area contributed by atoms with Crippen LogP contribution in [0, 0.1) is 10.8 Å². The Balaban J connectivity index is 1.96. The van der Waals surface area contributed by atoms with E-state index in [2.05, 4.69) is 30.9 Å². The first-order chi connectivity index (χ1) is 6.66. The molecule has 0 bridgehead atoms. The van der Waals surface area contributed by atoms with Crippen molar-refractivity contribution in [2.24, 2.45) is 10.8 Å². The second-order valence-corrected chi connectivity index (χ2v) is 5.90. The first-order valence-electron chi connectivity index (χ1n) is 6.07. The molecule has 1 aliphatic carbocycles. The molecular weight excluding hydrogens is 170 g/mol. The average molecular weight is 191 g/mol. The first-order valence-corrected chi connectivity index (χ1v) is 6.07. The summed E-state index contributed by atoms with van der Waals surface area (Å²) < 4.78 is 0. The molecule has 1 saturated heterocycles. The van der Waals surface area contributed by atoms with E-state index < -0.39 is 0 Å². The Morgan fingerprint density at radius 2 is 2.07 bits per heavy atom. The summed E-state index contributed by atoms with van der Waals surface area (Å²) in [5.74, 6) is 0. The Hall–Kier alpha value is -0.300. The molecule has 1 saturated carbocycles. The smallest absolute Gasteiger partial charge is 0.0193 e. The molecule has 2 aliphatic heterocycles. The molecule has 0 aromatic carbocycles. The van der Waals surface area contributed by atoms with Crippen molar-refractivity contribution < 1.29 is 0 Å². The van der Waals surface area contributed by atoms with E-state index in [4.69, 9.17) is 0 Å². The molecule has 2 heterocycles. The van der Waals surface area contributed by atoms with E-state index >= 15 is 0 Å². The molecule has 2 fully saturated rings. The summed E-state index contributed by atoms with van der Waals surface area (Å²) in [6.45, 7) is 7.52. The summed E-state index contributed by atoms with van der Waals surface area (Å²) in [6, 6.07) is 0.847. The maximum absolute atomic E-state index is 2.70. The lowest BCUT2D eigenvalue weighted by atomic mass is 9.67. The Bertz CT molecular complexity index is 277. The molecule has 0 N–H and O–H groups in total. The van der Waals surface area contributed by atoms with Crippen LogP contribution >= 0.6 is 0 Å². The van der Waals surface area contributed by atoms with Crippen LogP contribution in [0.4, 0.5) is 0 Å². The summed E-state index contributed by atoms with van der Waals surface area (Å²) in [5, 5.41) is 0. The van der Waals surface area contributed by atoms with E-state index in [9.17, 15) is 0 Å². The highest BCUT2D eigenvalue weighted by Crippen LogP contribution is 2.63. The van der Waals surface area contributed by atoms with Crippen molar-refractivity contribution in [1.29, 1.82) is 0 Å². The van der Waals surface area contributed by atoms with Crippen molar-refractivity contribution in [2.45, 2.75) is 45.6 Å². The molecule has 78 valence electrons. The van der Waals surface area contributed by atoms with Crippen LogP contribution in [0.2, 0.25) is 0 Å². The third kappa shape index (κ3) is 0.995. The summed E-state index contributed by atoms with van der Waals surface area (Å²) in [4.78, 5) is 2.70. The lowest BCUT2D eigenvalue weighted by Crippen LogP contribution is -2.48. The van der Waals surface area contributed by atoms with E-state index in [0.717, 1.165) is 6.04 Å². The molecule has 1 nitrogen and oxygen atoms in total. The number of fused-ring (bicyclic) bond motifs is 1. The number of nitrogens with zero attached hydrogens (tertiary/aromatic N) is 1. The zero-order valence-electron chi connectivity index (χ0n) is 9.42. The summed E-state index contributed by atoms with van der Waals surface area (Å²) in [7, 11) is 0. The predicted octanol–water partition coefficient (Wildman–Crippen LogP) is 2.83. The van der Waals surface area contributed by atoms with Gasteiger partial charge in [-0.05, 0) is 37.6 Å². The van der Waals surface area contributed by atoms with Crippen molar-refractivity contribution in [3.8, 4) is 0 Å². The fourth-order valence-electron chi connectivity index (χ4n) is 3.60. The van der Waals surface area contributed by atoms with Gasteiger partial charge in [0.25, 0.3) is 0 Å². The first kappa shape index (κ1) is 8.96. The fraction of sp³-hybridized carbons (Fsp3) is 0.846. The topological polar surface area (TPSA) is 3.24 Å². The molecule has 0 aromatic rings. The van der Waals surface area contributed by atoms with Gasteiger partial charge in [-0.3, -0.25) is 4.90 Å². The Morgan fingerprint density at radius 3 is 2.79 bits per heavy atom. The third-order valence-electron chi connectivity index (χ3n) is 5.16. The Morgan fingerprint density at radius 1 is 1.29 bits per heavy atom. The molecule has 1 unspecified atom stereocenters. The number of hydrogen-bond acceptors (Lipinski definition) is 1. The minimum atomic E-state index is 0.474. The molecule has 14 heavy (non-hydrogen) atoms. The van der Waals surface area contributed by atoms with Gasteiger partial charge in [-0.15, -0.1) is 0 Å². The van der Waals surface area contributed by atoms with E-state index in [0.29, 0.717) is 10.8 Å². The van der Waals surface area contributed by atoms with Gasteiger partial charge in [0.2, 0.25) is 0 Å². The van der Waals surface area contributed by atoms with Crippen LogP contribution in [0.15, 0.2) is 12.2 Å². The molecule has 2 atom stereocenters. The van der Waals surface area contributed by atoms with Gasteiger partial charge < -0.3 is 0 Å². The Labute approximate surface area is 87.2 Å². The monoisotopic (exact) mass is 191 g/mol. The van der Waals surface area contributed by atoms with Crippen LogP contribution in [-0.4, -0.2) is 24.0 Å². The van der Waals surface area contributed by atoms with Crippen molar-refractivity contribution >= 4 is 0 Å². The quantitative estimate of drug-likeness (QED) is 0.576. The fourth-order valence-corrected chi connectivity index (χ4v) is 3.60. The number of rotatable bonds is 1. The summed E-state index contributed by atoms with van der Waals surface area (Å²) in [6.07, 6.45) is 10.7. The summed E-state index contributed by atoms with van der Waals surface area (Å²) in [5.41, 5.74) is 1.10. The van der Waals surface area contributed by atoms with Crippen molar-refractivity contribution in [3.63, 3.8) is 0 Å². The highest BCUT2D eigenvalue weighted by molar-refractivity contribution is 5.20. The van der Waals surface area contributed by atoms with Crippen LogP contribution in [-0.2, 0) is 0 Å². The number of hydrogen-bond donors (Lipinski definition) is 0. The molecule has 0 radical (unpaired) electrons. The van der Waals surface area contributed by atoms with Gasteiger partial charge in [0, 0.05) is 18.0 Å². The molecule has 0 aromatic heterocycles. The zero-order chi connectivity index (χ0) is 9.81. The highest BCUT2D eigenvalue weighted by atomic mass is 15.2. The van der Waals surface area contributed by atoms with Gasteiger partial charge in [-0.25, -0.2) is 0 Å². The molecule has 0 spiro atoms. The zero-order valence-corrected chi connectivity index (χ0v) is 9.42. The van der Waals surface area contributed by atoms with Gasteiger partial charge in [0.15, 0.2) is 0 Å². The predicted molar refractivity (Wildman–Crippen MR) is 59.2 cm³/mol. The highest BCUT2D eigenvalue weighted by Gasteiger charge is 2.57. The minimum Gasteiger partial charge on any atom is -0.296 e. The van der Waals surface area contributed by atoms with Gasteiger partial charge in [-0.2, -0.15) is 0 Å². The van der Waals surface area contributed by atoms with E-state index in [1.54, 1.807) is 0 Å². The normalized spacial score (nSPS) is 45.1. The lowest BCUT2D eigenvalue weighted by Gasteiger charge is -2.46.